The van der Waals surface area contributed by atoms with Gasteiger partial charge in [-0.2, -0.15) is 10.2 Å². The smallest absolute Gasteiger partial charge is 0.222 e. The monoisotopic (exact) mass is 308 g/mol. The van der Waals surface area contributed by atoms with E-state index in [1.807, 2.05) is 25.1 Å². The molecule has 3 rings (SSSR count). The lowest BCUT2D eigenvalue weighted by molar-refractivity contribution is 0.306. The number of pyridine rings is 1. The van der Waals surface area contributed by atoms with Crippen molar-refractivity contribution in [1.29, 1.82) is 5.26 Å². The van der Waals surface area contributed by atoms with Crippen LogP contribution >= 0.6 is 0 Å². The second kappa shape index (κ2) is 6.32. The Balaban J connectivity index is 1.91. The maximum atomic E-state index is 9.48. The molecule has 0 aliphatic carbocycles. The number of ether oxygens (including phenoxy) is 1. The molecule has 1 aliphatic rings. The fourth-order valence-electron chi connectivity index (χ4n) is 2.34. The van der Waals surface area contributed by atoms with Gasteiger partial charge in [0.15, 0.2) is 5.82 Å². The first kappa shape index (κ1) is 14.8. The van der Waals surface area contributed by atoms with Gasteiger partial charge in [0.2, 0.25) is 5.95 Å². The van der Waals surface area contributed by atoms with Gasteiger partial charge < -0.3 is 15.8 Å². The van der Waals surface area contributed by atoms with Crippen LogP contribution in [-0.2, 0) is 11.3 Å². The molecule has 0 amide bonds. The third-order valence-corrected chi connectivity index (χ3v) is 3.39. The Bertz CT molecular complexity index is 809. The molecule has 7 heteroatoms. The number of aryl methyl sites for hydroxylation is 1. The van der Waals surface area contributed by atoms with Crippen LogP contribution in [0.3, 0.4) is 0 Å². The number of nitrogens with two attached hydrogens (primary N) is 1. The van der Waals surface area contributed by atoms with Gasteiger partial charge in [0.25, 0.3) is 0 Å². The molecule has 0 saturated carbocycles. The Morgan fingerprint density at radius 1 is 1.43 bits per heavy atom. The van der Waals surface area contributed by atoms with Crippen LogP contribution in [0.2, 0.25) is 0 Å². The van der Waals surface area contributed by atoms with E-state index in [0.29, 0.717) is 36.0 Å². The second-order valence-corrected chi connectivity index (χ2v) is 5.15. The third-order valence-electron chi connectivity index (χ3n) is 3.39. The summed E-state index contributed by atoms with van der Waals surface area (Å²) < 4.78 is 5.49. The summed E-state index contributed by atoms with van der Waals surface area (Å²) in [5, 5.41) is 12.6. The lowest BCUT2D eigenvalue weighted by atomic mass is 10.2. The Morgan fingerprint density at radius 2 is 2.30 bits per heavy atom. The number of nitrogen functional groups attached to an aromatic ring is 1. The Kier molecular flexibility index (Phi) is 4.06. The molecule has 0 aromatic carbocycles. The number of nitriles is 1. The summed E-state index contributed by atoms with van der Waals surface area (Å²) >= 11 is 0. The van der Waals surface area contributed by atoms with Crippen LogP contribution in [0.4, 0.5) is 11.8 Å². The van der Waals surface area contributed by atoms with Crippen molar-refractivity contribution in [3.63, 3.8) is 0 Å². The topological polar surface area (TPSA) is 110 Å². The molecule has 0 bridgehead atoms. The highest BCUT2D eigenvalue weighted by Gasteiger charge is 2.20. The number of aromatic nitrogens is 3. The van der Waals surface area contributed by atoms with E-state index < -0.39 is 0 Å². The van der Waals surface area contributed by atoms with Crippen LogP contribution in [0.5, 0.6) is 0 Å². The van der Waals surface area contributed by atoms with Crippen molar-refractivity contribution in [2.75, 3.05) is 17.7 Å². The molecule has 2 aromatic heterocycles. The predicted octanol–water partition coefficient (Wildman–Crippen LogP) is 2.01. The standard InChI is InChI=1S/C16H16N6O/c1-10-4-5-19-11(7-10)9-20-15-12(8-17)14(21-16(18)22-15)13-3-2-6-23-13/h3-5,7H,2,6,9H2,1H3,(H3,18,20,21,22). The summed E-state index contributed by atoms with van der Waals surface area (Å²) in [4.78, 5) is 12.6. The van der Waals surface area contributed by atoms with E-state index in [-0.39, 0.29) is 5.95 Å². The van der Waals surface area contributed by atoms with Crippen molar-refractivity contribution in [3.05, 3.63) is 46.9 Å². The van der Waals surface area contributed by atoms with Gasteiger partial charge in [0.05, 0.1) is 18.8 Å². The van der Waals surface area contributed by atoms with E-state index in [9.17, 15) is 5.26 Å². The molecule has 3 heterocycles. The Labute approximate surface area is 133 Å². The van der Waals surface area contributed by atoms with Gasteiger partial charge in [-0.05, 0) is 30.7 Å². The molecule has 7 nitrogen and oxygen atoms in total. The van der Waals surface area contributed by atoms with Crippen LogP contribution in [0.25, 0.3) is 5.76 Å². The number of anilines is 2. The largest absolute Gasteiger partial charge is 0.491 e. The normalized spacial score (nSPS) is 13.1. The predicted molar refractivity (Wildman–Crippen MR) is 86.0 cm³/mol. The van der Waals surface area contributed by atoms with E-state index in [4.69, 9.17) is 10.5 Å². The fourth-order valence-corrected chi connectivity index (χ4v) is 2.34. The minimum Gasteiger partial charge on any atom is -0.491 e. The molecule has 0 radical (unpaired) electrons. The Morgan fingerprint density at radius 3 is 3.00 bits per heavy atom. The second-order valence-electron chi connectivity index (χ2n) is 5.15. The van der Waals surface area contributed by atoms with Crippen molar-refractivity contribution in [2.45, 2.75) is 19.9 Å². The zero-order valence-electron chi connectivity index (χ0n) is 12.7. The molecule has 0 atom stereocenters. The molecule has 0 saturated heterocycles. The minimum absolute atomic E-state index is 0.0927. The van der Waals surface area contributed by atoms with Gasteiger partial charge in [-0.25, -0.2) is 4.98 Å². The third kappa shape index (κ3) is 3.21. The average molecular weight is 308 g/mol. The van der Waals surface area contributed by atoms with Crippen molar-refractivity contribution in [2.24, 2.45) is 0 Å². The molecule has 3 N–H and O–H groups in total. The number of nitrogens with zero attached hydrogens (tertiary/aromatic N) is 4. The zero-order valence-corrected chi connectivity index (χ0v) is 12.7. The van der Waals surface area contributed by atoms with E-state index in [1.54, 1.807) is 6.20 Å². The van der Waals surface area contributed by atoms with Crippen LogP contribution in [-0.4, -0.2) is 21.6 Å². The number of hydrogen-bond donors (Lipinski definition) is 2. The first-order valence-corrected chi connectivity index (χ1v) is 7.23. The fraction of sp³-hybridized carbons (Fsp3) is 0.250. The van der Waals surface area contributed by atoms with E-state index >= 15 is 0 Å². The number of rotatable bonds is 4. The van der Waals surface area contributed by atoms with Gasteiger partial charge in [0, 0.05) is 12.6 Å². The van der Waals surface area contributed by atoms with Gasteiger partial charge in [-0.1, -0.05) is 0 Å². The summed E-state index contributed by atoms with van der Waals surface area (Å²) in [6.07, 6.45) is 4.43. The van der Waals surface area contributed by atoms with Gasteiger partial charge in [-0.3, -0.25) is 4.98 Å². The van der Waals surface area contributed by atoms with Gasteiger partial charge in [0.1, 0.15) is 23.1 Å². The summed E-state index contributed by atoms with van der Waals surface area (Å²) in [5.74, 6) is 1.05. The zero-order chi connectivity index (χ0) is 16.2. The average Bonchev–Trinajstić information content (AvgIpc) is 3.06. The summed E-state index contributed by atoms with van der Waals surface area (Å²) in [6, 6.07) is 6.02. The molecule has 0 unspecified atom stereocenters. The number of hydrogen-bond acceptors (Lipinski definition) is 7. The van der Waals surface area contributed by atoms with Gasteiger partial charge >= 0.3 is 0 Å². The summed E-state index contributed by atoms with van der Waals surface area (Å²) in [7, 11) is 0. The molecule has 116 valence electrons. The van der Waals surface area contributed by atoms with Gasteiger partial charge in [-0.15, -0.1) is 0 Å². The summed E-state index contributed by atoms with van der Waals surface area (Å²) in [6.45, 7) is 3.02. The molecule has 1 aliphatic heterocycles. The van der Waals surface area contributed by atoms with E-state index in [1.165, 1.54) is 0 Å². The molecule has 0 fully saturated rings. The Hall–Kier alpha value is -3.14. The highest BCUT2D eigenvalue weighted by atomic mass is 16.5. The van der Waals surface area contributed by atoms with Crippen molar-refractivity contribution in [1.82, 2.24) is 15.0 Å². The molecule has 2 aromatic rings. The van der Waals surface area contributed by atoms with Crippen molar-refractivity contribution >= 4 is 17.5 Å². The first-order chi connectivity index (χ1) is 11.2. The van der Waals surface area contributed by atoms with Crippen molar-refractivity contribution in [3.8, 4) is 6.07 Å². The maximum absolute atomic E-state index is 9.48. The van der Waals surface area contributed by atoms with Crippen LogP contribution in [0.1, 0.15) is 28.9 Å². The molecule has 23 heavy (non-hydrogen) atoms. The highest BCUT2D eigenvalue weighted by molar-refractivity contribution is 5.70. The first-order valence-electron chi connectivity index (χ1n) is 7.23. The molecule has 0 spiro atoms. The van der Waals surface area contributed by atoms with Crippen molar-refractivity contribution < 1.29 is 4.74 Å². The minimum atomic E-state index is 0.0927. The SMILES string of the molecule is Cc1ccnc(CNc2nc(N)nc(C3=CCCO3)c2C#N)c1. The van der Waals surface area contributed by atoms with E-state index in [2.05, 4.69) is 26.3 Å². The van der Waals surface area contributed by atoms with E-state index in [0.717, 1.165) is 17.7 Å². The van der Waals surface area contributed by atoms with Crippen LogP contribution < -0.4 is 11.1 Å². The molecular formula is C16H16N6O. The number of nitrogens with one attached hydrogen (secondary N) is 1. The lowest BCUT2D eigenvalue weighted by Crippen LogP contribution is -2.10. The molecular weight excluding hydrogens is 292 g/mol. The summed E-state index contributed by atoms with van der Waals surface area (Å²) in [5.41, 5.74) is 8.49. The quantitative estimate of drug-likeness (QED) is 0.888. The highest BCUT2D eigenvalue weighted by Crippen LogP contribution is 2.27. The van der Waals surface area contributed by atoms with Crippen LogP contribution in [0.15, 0.2) is 24.4 Å². The maximum Gasteiger partial charge on any atom is 0.222 e. The van der Waals surface area contributed by atoms with Crippen LogP contribution in [0, 0.1) is 18.3 Å². The lowest BCUT2D eigenvalue weighted by Gasteiger charge is -2.12.